The third-order valence-electron chi connectivity index (χ3n) is 3.41. The Labute approximate surface area is 124 Å². The number of aryl methyl sites for hydroxylation is 1. The Hall–Kier alpha value is -1.23. The molecule has 0 bridgehead atoms. The van der Waals surface area contributed by atoms with Gasteiger partial charge in [0.15, 0.2) is 0 Å². The van der Waals surface area contributed by atoms with Crippen molar-refractivity contribution in [1.82, 2.24) is 5.32 Å². The highest BCUT2D eigenvalue weighted by Crippen LogP contribution is 2.23. The molecule has 1 atom stereocenters. The van der Waals surface area contributed by atoms with Gasteiger partial charge in [-0.2, -0.15) is 0 Å². The van der Waals surface area contributed by atoms with Crippen LogP contribution in [-0.2, 0) is 6.42 Å². The van der Waals surface area contributed by atoms with Gasteiger partial charge in [-0.25, -0.2) is 0 Å². The van der Waals surface area contributed by atoms with Crippen LogP contribution in [0.2, 0.25) is 0 Å². The highest BCUT2D eigenvalue weighted by molar-refractivity contribution is 5.27. The van der Waals surface area contributed by atoms with Crippen molar-refractivity contribution in [2.75, 3.05) is 6.54 Å². The van der Waals surface area contributed by atoms with E-state index in [9.17, 15) is 13.2 Å². The van der Waals surface area contributed by atoms with Crippen LogP contribution in [0.25, 0.3) is 0 Å². The monoisotopic (exact) mass is 303 g/mol. The molecular weight excluding hydrogens is 279 g/mol. The molecule has 1 aromatic carbocycles. The molecule has 0 saturated heterocycles. The summed E-state index contributed by atoms with van der Waals surface area (Å²) in [6, 6.07) is 6.61. The summed E-state index contributed by atoms with van der Waals surface area (Å²) < 4.78 is 40.0. The van der Waals surface area contributed by atoms with Gasteiger partial charge in [-0.3, -0.25) is 0 Å². The van der Waals surface area contributed by atoms with E-state index < -0.39 is 6.36 Å². The lowest BCUT2D eigenvalue weighted by Gasteiger charge is -2.21. The molecule has 0 saturated carbocycles. The first-order valence-electron chi connectivity index (χ1n) is 7.40. The molecule has 0 radical (unpaired) electrons. The van der Waals surface area contributed by atoms with E-state index in [1.54, 1.807) is 12.1 Å². The maximum Gasteiger partial charge on any atom is 0.573 e. The number of alkyl halides is 3. The van der Waals surface area contributed by atoms with E-state index >= 15 is 0 Å². The van der Waals surface area contributed by atoms with Crippen LogP contribution in [0.5, 0.6) is 5.75 Å². The Morgan fingerprint density at radius 2 is 1.76 bits per heavy atom. The van der Waals surface area contributed by atoms with Crippen LogP contribution >= 0.6 is 0 Å². The van der Waals surface area contributed by atoms with Crippen LogP contribution in [0.3, 0.4) is 0 Å². The SMILES string of the molecule is CCNC(CCCc1ccc(OC(F)(F)F)cc1)C(C)C. The number of hydrogen-bond donors (Lipinski definition) is 1. The minimum Gasteiger partial charge on any atom is -0.406 e. The normalized spacial score (nSPS) is 13.5. The third kappa shape index (κ3) is 7.37. The lowest BCUT2D eigenvalue weighted by atomic mass is 9.97. The first-order chi connectivity index (χ1) is 9.81. The molecule has 2 nitrogen and oxygen atoms in total. The van der Waals surface area contributed by atoms with E-state index in [0.717, 1.165) is 31.4 Å². The Morgan fingerprint density at radius 3 is 2.24 bits per heavy atom. The number of nitrogens with one attached hydrogen (secondary N) is 1. The zero-order valence-corrected chi connectivity index (χ0v) is 12.8. The first-order valence-corrected chi connectivity index (χ1v) is 7.40. The van der Waals surface area contributed by atoms with Gasteiger partial charge in [0.05, 0.1) is 0 Å². The van der Waals surface area contributed by atoms with Gasteiger partial charge >= 0.3 is 6.36 Å². The molecule has 1 aromatic rings. The van der Waals surface area contributed by atoms with Crippen molar-refractivity contribution in [2.24, 2.45) is 5.92 Å². The average Bonchev–Trinajstić information content (AvgIpc) is 2.38. The quantitative estimate of drug-likeness (QED) is 0.761. The van der Waals surface area contributed by atoms with Gasteiger partial charge in [0.2, 0.25) is 0 Å². The predicted molar refractivity (Wildman–Crippen MR) is 78.4 cm³/mol. The smallest absolute Gasteiger partial charge is 0.406 e. The molecule has 0 amide bonds. The van der Waals surface area contributed by atoms with Gasteiger partial charge in [0, 0.05) is 6.04 Å². The van der Waals surface area contributed by atoms with Gasteiger partial charge in [-0.15, -0.1) is 13.2 Å². The number of benzene rings is 1. The molecule has 5 heteroatoms. The molecule has 1 rings (SSSR count). The third-order valence-corrected chi connectivity index (χ3v) is 3.41. The van der Waals surface area contributed by atoms with E-state index in [2.05, 4.69) is 30.8 Å². The second-order valence-corrected chi connectivity index (χ2v) is 5.49. The van der Waals surface area contributed by atoms with E-state index in [-0.39, 0.29) is 5.75 Å². The lowest BCUT2D eigenvalue weighted by Crippen LogP contribution is -2.33. The number of ether oxygens (including phenoxy) is 1. The molecule has 0 aliphatic rings. The summed E-state index contributed by atoms with van der Waals surface area (Å²) >= 11 is 0. The lowest BCUT2D eigenvalue weighted by molar-refractivity contribution is -0.274. The topological polar surface area (TPSA) is 21.3 Å². The van der Waals surface area contributed by atoms with Gasteiger partial charge in [-0.1, -0.05) is 32.9 Å². The summed E-state index contributed by atoms with van der Waals surface area (Å²) in [6.07, 6.45) is -1.69. The molecule has 21 heavy (non-hydrogen) atoms. The van der Waals surface area contributed by atoms with E-state index in [1.165, 1.54) is 12.1 Å². The highest BCUT2D eigenvalue weighted by Gasteiger charge is 2.30. The van der Waals surface area contributed by atoms with Crippen LogP contribution in [0.4, 0.5) is 13.2 Å². The molecular formula is C16H24F3NO. The minimum absolute atomic E-state index is 0.168. The molecule has 0 aliphatic heterocycles. The molecule has 0 aliphatic carbocycles. The van der Waals surface area contributed by atoms with Gasteiger partial charge in [-0.05, 0) is 49.4 Å². The van der Waals surface area contributed by atoms with E-state index in [0.29, 0.717) is 12.0 Å². The van der Waals surface area contributed by atoms with E-state index in [4.69, 9.17) is 0 Å². The van der Waals surface area contributed by atoms with Crippen LogP contribution < -0.4 is 10.1 Å². The second kappa shape index (κ2) is 8.27. The van der Waals surface area contributed by atoms with Crippen molar-refractivity contribution in [3.05, 3.63) is 29.8 Å². The van der Waals surface area contributed by atoms with Crippen molar-refractivity contribution in [3.8, 4) is 5.75 Å². The maximum atomic E-state index is 12.1. The van der Waals surface area contributed by atoms with Crippen LogP contribution in [0.15, 0.2) is 24.3 Å². The summed E-state index contributed by atoms with van der Waals surface area (Å²) in [4.78, 5) is 0. The molecule has 0 spiro atoms. The Balaban J connectivity index is 2.42. The fraction of sp³-hybridized carbons (Fsp3) is 0.625. The summed E-state index contributed by atoms with van der Waals surface area (Å²) in [5, 5.41) is 3.46. The van der Waals surface area contributed by atoms with Gasteiger partial charge < -0.3 is 10.1 Å². The number of hydrogen-bond acceptors (Lipinski definition) is 2. The van der Waals surface area contributed by atoms with Crippen molar-refractivity contribution in [2.45, 2.75) is 52.4 Å². The number of halogens is 3. The Bertz CT molecular complexity index is 401. The van der Waals surface area contributed by atoms with Crippen LogP contribution in [-0.4, -0.2) is 18.9 Å². The van der Waals surface area contributed by atoms with Gasteiger partial charge in [0.25, 0.3) is 0 Å². The fourth-order valence-corrected chi connectivity index (χ4v) is 2.32. The summed E-state index contributed by atoms with van der Waals surface area (Å²) in [7, 11) is 0. The fourth-order valence-electron chi connectivity index (χ4n) is 2.32. The highest BCUT2D eigenvalue weighted by atomic mass is 19.4. The summed E-state index contributed by atoms with van der Waals surface area (Å²) in [5.41, 5.74) is 1.03. The average molecular weight is 303 g/mol. The molecule has 120 valence electrons. The van der Waals surface area contributed by atoms with Crippen LogP contribution in [0.1, 0.15) is 39.2 Å². The zero-order valence-electron chi connectivity index (χ0n) is 12.8. The molecule has 0 aromatic heterocycles. The molecule has 0 fully saturated rings. The largest absolute Gasteiger partial charge is 0.573 e. The molecule has 1 unspecified atom stereocenters. The Morgan fingerprint density at radius 1 is 1.14 bits per heavy atom. The van der Waals surface area contributed by atoms with Crippen molar-refractivity contribution >= 4 is 0 Å². The summed E-state index contributed by atoms with van der Waals surface area (Å²) in [5.74, 6) is 0.409. The zero-order chi connectivity index (χ0) is 15.9. The minimum atomic E-state index is -4.63. The van der Waals surface area contributed by atoms with Crippen molar-refractivity contribution in [1.29, 1.82) is 0 Å². The van der Waals surface area contributed by atoms with Crippen LogP contribution in [0, 0.1) is 5.92 Å². The van der Waals surface area contributed by atoms with Crippen molar-refractivity contribution < 1.29 is 17.9 Å². The summed E-state index contributed by atoms with van der Waals surface area (Å²) in [6.45, 7) is 7.42. The Kier molecular flexibility index (Phi) is 7.02. The number of rotatable bonds is 8. The van der Waals surface area contributed by atoms with Crippen molar-refractivity contribution in [3.63, 3.8) is 0 Å². The second-order valence-electron chi connectivity index (χ2n) is 5.49. The predicted octanol–water partition coefficient (Wildman–Crippen LogP) is 4.54. The molecule has 0 heterocycles. The molecule has 1 N–H and O–H groups in total. The maximum absolute atomic E-state index is 12.1. The van der Waals surface area contributed by atoms with Gasteiger partial charge in [0.1, 0.15) is 5.75 Å². The van der Waals surface area contributed by atoms with E-state index in [1.807, 2.05) is 0 Å². The first kappa shape index (κ1) is 17.8. The standard InChI is InChI=1S/C16H24F3NO/c1-4-20-15(12(2)3)7-5-6-13-8-10-14(11-9-13)21-16(17,18)19/h8-12,15,20H,4-7H2,1-3H3.